The molecule has 276 valence electrons. The number of nitrogens with two attached hydrogens (primary N) is 3. The minimum atomic E-state index is -4.77. The molecule has 50 heavy (non-hydrogen) atoms. The van der Waals surface area contributed by atoms with Gasteiger partial charge in [0.05, 0.1) is 11.1 Å². The Balaban J connectivity index is 0.000000375. The normalized spacial score (nSPS) is 13.4. The molecule has 10 nitrogen and oxygen atoms in total. The minimum Gasteiger partial charge on any atom is -0.480 e. The third-order valence-electron chi connectivity index (χ3n) is 6.07. The van der Waals surface area contributed by atoms with Crippen molar-refractivity contribution in [2.75, 3.05) is 0 Å². The molecule has 0 aliphatic heterocycles. The predicted molar refractivity (Wildman–Crippen MR) is 154 cm³/mol. The van der Waals surface area contributed by atoms with Crippen LogP contribution in [-0.2, 0) is 46.0 Å². The van der Waals surface area contributed by atoms with E-state index in [1.54, 1.807) is 0 Å². The number of aliphatic carboxylic acids is 3. The zero-order valence-corrected chi connectivity index (χ0v) is 25.2. The Kier molecular flexibility index (Phi) is 15.6. The summed E-state index contributed by atoms with van der Waals surface area (Å²) >= 11 is 0. The van der Waals surface area contributed by atoms with Crippen LogP contribution in [0.2, 0.25) is 0 Å². The number of rotatable bonds is 10. The molecule has 9 N–H and O–H groups in total. The summed E-state index contributed by atoms with van der Waals surface area (Å²) in [4.78, 5) is 31.3. The van der Waals surface area contributed by atoms with E-state index in [1.165, 1.54) is 24.3 Å². The van der Waals surface area contributed by atoms with E-state index in [0.717, 1.165) is 30.3 Å². The fourth-order valence-electron chi connectivity index (χ4n) is 3.64. The van der Waals surface area contributed by atoms with Crippen molar-refractivity contribution in [3.63, 3.8) is 0 Å². The lowest BCUT2D eigenvalue weighted by Crippen LogP contribution is -2.32. The Morgan fingerprint density at radius 2 is 1.02 bits per heavy atom. The molecule has 3 aromatic carbocycles. The molecule has 3 atom stereocenters. The van der Waals surface area contributed by atoms with Gasteiger partial charge in [-0.05, 0) is 59.9 Å². The number of benzene rings is 3. The van der Waals surface area contributed by atoms with Crippen LogP contribution in [0.5, 0.6) is 5.75 Å². The van der Waals surface area contributed by atoms with Gasteiger partial charge in [-0.1, -0.05) is 36.4 Å². The minimum absolute atomic E-state index is 0.0651. The van der Waals surface area contributed by atoms with Crippen molar-refractivity contribution in [2.45, 2.75) is 56.1 Å². The van der Waals surface area contributed by atoms with Crippen molar-refractivity contribution in [3.8, 4) is 5.75 Å². The zero-order valence-electron chi connectivity index (χ0n) is 25.2. The number of hydrogen-bond acceptors (Lipinski definition) is 7. The summed E-state index contributed by atoms with van der Waals surface area (Å²) < 4.78 is 126. The predicted octanol–water partition coefficient (Wildman–Crippen LogP) is 5.00. The highest BCUT2D eigenvalue weighted by molar-refractivity contribution is 5.74. The first-order valence-corrected chi connectivity index (χ1v) is 13.6. The average molecular weight is 734 g/mol. The topological polar surface area (TPSA) is 199 Å². The Morgan fingerprint density at radius 1 is 0.600 bits per heavy atom. The summed E-state index contributed by atoms with van der Waals surface area (Å²) in [5, 5.41) is 25.6. The van der Waals surface area contributed by atoms with Crippen molar-refractivity contribution < 1.29 is 78.3 Å². The van der Waals surface area contributed by atoms with Gasteiger partial charge in [0.1, 0.15) is 29.7 Å². The van der Waals surface area contributed by atoms with Crippen LogP contribution in [0.4, 0.5) is 43.9 Å². The standard InChI is InChI=1S/C10H9F4NO2.C10H10F3NO3.C10H10F3NO2/c11-7-4-6(10(12,13)14)2-1-5(7)3-8(15)9(16)17;11-10(12,13)17-7-3-1-2-6(4-7)5-8(14)9(15)16;11-10(12,13)7-3-1-2-6(4-7)5-8(14)9(15)16/h1-2,4,8H,3,15H2,(H,16,17);1-4,8H,5,14H2,(H,15,16);1-4,8H,5,14H2,(H,15,16). The molecule has 0 spiro atoms. The van der Waals surface area contributed by atoms with Gasteiger partial charge in [0.2, 0.25) is 0 Å². The maximum absolute atomic E-state index is 13.3. The molecule has 0 saturated heterocycles. The smallest absolute Gasteiger partial charge is 0.480 e. The molecule has 3 unspecified atom stereocenters. The summed E-state index contributed by atoms with van der Waals surface area (Å²) in [5.74, 6) is -5.31. The van der Waals surface area contributed by atoms with Gasteiger partial charge < -0.3 is 37.3 Å². The second-order valence-electron chi connectivity index (χ2n) is 10.1. The van der Waals surface area contributed by atoms with Crippen molar-refractivity contribution in [2.24, 2.45) is 17.2 Å². The van der Waals surface area contributed by atoms with E-state index in [0.29, 0.717) is 17.7 Å². The van der Waals surface area contributed by atoms with Crippen LogP contribution in [-0.4, -0.2) is 57.7 Å². The van der Waals surface area contributed by atoms with E-state index in [4.69, 9.17) is 32.5 Å². The molecule has 0 saturated carbocycles. The molecular weight excluding hydrogens is 704 g/mol. The molecule has 0 aromatic heterocycles. The molecule has 3 aromatic rings. The highest BCUT2D eigenvalue weighted by Crippen LogP contribution is 2.31. The van der Waals surface area contributed by atoms with Gasteiger partial charge in [-0.2, -0.15) is 26.3 Å². The quantitative estimate of drug-likeness (QED) is 0.154. The Hall–Kier alpha value is -4.95. The number of hydrogen-bond donors (Lipinski definition) is 6. The van der Waals surface area contributed by atoms with Gasteiger partial charge >= 0.3 is 36.6 Å². The summed E-state index contributed by atoms with van der Waals surface area (Å²) in [6.45, 7) is 0. The number of halogens is 10. The summed E-state index contributed by atoms with van der Waals surface area (Å²) in [7, 11) is 0. The molecule has 0 amide bonds. The van der Waals surface area contributed by atoms with Crippen LogP contribution >= 0.6 is 0 Å². The molecule has 0 aliphatic rings. The third-order valence-corrected chi connectivity index (χ3v) is 6.07. The average Bonchev–Trinajstić information content (AvgIpc) is 2.97. The van der Waals surface area contributed by atoms with Crippen LogP contribution in [0.25, 0.3) is 0 Å². The summed E-state index contributed by atoms with van der Waals surface area (Å²) in [6, 6.07) is 7.73. The van der Waals surface area contributed by atoms with E-state index >= 15 is 0 Å². The van der Waals surface area contributed by atoms with E-state index < -0.39 is 77.4 Å². The lowest BCUT2D eigenvalue weighted by atomic mass is 10.0. The second-order valence-corrected chi connectivity index (χ2v) is 10.1. The summed E-state index contributed by atoms with van der Waals surface area (Å²) in [5.41, 5.74) is 14.2. The lowest BCUT2D eigenvalue weighted by molar-refractivity contribution is -0.274. The maximum atomic E-state index is 13.3. The van der Waals surface area contributed by atoms with Crippen LogP contribution in [0.1, 0.15) is 27.8 Å². The number of carbonyl (C=O) groups is 3. The molecular formula is C30H29F10N3O7. The van der Waals surface area contributed by atoms with Gasteiger partial charge in [0.25, 0.3) is 0 Å². The molecule has 0 fully saturated rings. The van der Waals surface area contributed by atoms with E-state index in [9.17, 15) is 58.3 Å². The number of carboxylic acid groups (broad SMARTS) is 3. The van der Waals surface area contributed by atoms with Crippen molar-refractivity contribution >= 4 is 17.9 Å². The highest BCUT2D eigenvalue weighted by atomic mass is 19.4. The SMILES string of the molecule is NC(Cc1ccc(C(F)(F)F)cc1F)C(=O)O.NC(Cc1cccc(C(F)(F)F)c1)C(=O)O.NC(Cc1cccc(OC(F)(F)F)c1)C(=O)O. The number of alkyl halides is 9. The fourth-order valence-corrected chi connectivity index (χ4v) is 3.64. The number of ether oxygens (including phenoxy) is 1. The van der Waals surface area contributed by atoms with E-state index in [2.05, 4.69) is 4.74 Å². The Bertz CT molecular complexity index is 1600. The van der Waals surface area contributed by atoms with Crippen LogP contribution < -0.4 is 21.9 Å². The van der Waals surface area contributed by atoms with Gasteiger partial charge in [-0.25, -0.2) is 4.39 Å². The Morgan fingerprint density at radius 3 is 1.44 bits per heavy atom. The van der Waals surface area contributed by atoms with Crippen LogP contribution in [0.15, 0.2) is 66.7 Å². The number of carboxylic acids is 3. The third kappa shape index (κ3) is 16.0. The summed E-state index contributed by atoms with van der Waals surface area (Å²) in [6.07, 6.45) is -14.4. The largest absolute Gasteiger partial charge is 0.573 e. The van der Waals surface area contributed by atoms with Crippen LogP contribution in [0, 0.1) is 5.82 Å². The first kappa shape index (κ1) is 43.1. The molecule has 0 bridgehead atoms. The fraction of sp³-hybridized carbons (Fsp3) is 0.300. The van der Waals surface area contributed by atoms with Crippen molar-refractivity contribution in [1.29, 1.82) is 0 Å². The molecule has 0 radical (unpaired) electrons. The molecule has 3 rings (SSSR count). The lowest BCUT2D eigenvalue weighted by Gasteiger charge is -2.11. The molecule has 0 aliphatic carbocycles. The first-order chi connectivity index (χ1) is 22.8. The maximum Gasteiger partial charge on any atom is 0.573 e. The van der Waals surface area contributed by atoms with E-state index in [-0.39, 0.29) is 30.4 Å². The highest BCUT2D eigenvalue weighted by Gasteiger charge is 2.32. The van der Waals surface area contributed by atoms with E-state index in [1.807, 2.05) is 0 Å². The molecule has 0 heterocycles. The second kappa shape index (κ2) is 18.2. The van der Waals surface area contributed by atoms with Crippen molar-refractivity contribution in [3.05, 3.63) is 100 Å². The van der Waals surface area contributed by atoms with Gasteiger partial charge in [0.15, 0.2) is 0 Å². The zero-order chi connectivity index (χ0) is 38.6. The first-order valence-electron chi connectivity index (χ1n) is 13.6. The monoisotopic (exact) mass is 733 g/mol. The Labute approximate surface area is 276 Å². The van der Waals surface area contributed by atoms with Crippen molar-refractivity contribution in [1.82, 2.24) is 0 Å². The molecule has 20 heteroatoms. The van der Waals surface area contributed by atoms with Crippen LogP contribution in [0.3, 0.4) is 0 Å². The van der Waals surface area contributed by atoms with Gasteiger partial charge in [-0.15, -0.1) is 13.2 Å². The van der Waals surface area contributed by atoms with Gasteiger partial charge in [-0.3, -0.25) is 14.4 Å². The van der Waals surface area contributed by atoms with Gasteiger partial charge in [0, 0.05) is 6.42 Å².